The normalized spacial score (nSPS) is 16.7. The van der Waals surface area contributed by atoms with E-state index in [0.29, 0.717) is 19.5 Å². The fourth-order valence-electron chi connectivity index (χ4n) is 3.51. The summed E-state index contributed by atoms with van der Waals surface area (Å²) in [5.74, 6) is -0.0543. The van der Waals surface area contributed by atoms with Gasteiger partial charge in [-0.15, -0.1) is 0 Å². The molecule has 1 fully saturated rings. The van der Waals surface area contributed by atoms with Crippen LogP contribution < -0.4 is 0 Å². The molecule has 0 aliphatic carbocycles. The summed E-state index contributed by atoms with van der Waals surface area (Å²) < 4.78 is 13.0. The van der Waals surface area contributed by atoms with Gasteiger partial charge in [-0.2, -0.15) is 0 Å². The number of piperidine rings is 1. The SMILES string of the molecule is Cc1cccc(CC(=O)N2CCC(C(O)c3ccc(F)cc3)CC2)c1. The van der Waals surface area contributed by atoms with Crippen LogP contribution in [0.2, 0.25) is 0 Å². The van der Waals surface area contributed by atoms with Crippen LogP contribution in [-0.2, 0) is 11.2 Å². The molecular formula is C21H24FNO2. The molecule has 1 N–H and O–H groups in total. The molecule has 1 atom stereocenters. The predicted molar refractivity (Wildman–Crippen MR) is 95.5 cm³/mol. The van der Waals surface area contributed by atoms with Crippen LogP contribution in [0.3, 0.4) is 0 Å². The van der Waals surface area contributed by atoms with Gasteiger partial charge < -0.3 is 10.0 Å². The van der Waals surface area contributed by atoms with E-state index in [1.54, 1.807) is 12.1 Å². The lowest BCUT2D eigenvalue weighted by atomic mass is 9.87. The smallest absolute Gasteiger partial charge is 0.226 e. The zero-order chi connectivity index (χ0) is 17.8. The van der Waals surface area contributed by atoms with Gasteiger partial charge in [-0.3, -0.25) is 4.79 Å². The van der Waals surface area contributed by atoms with Crippen LogP contribution in [0.1, 0.15) is 35.6 Å². The van der Waals surface area contributed by atoms with Crippen LogP contribution in [0.15, 0.2) is 48.5 Å². The number of aryl methyl sites for hydroxylation is 1. The van der Waals surface area contributed by atoms with Crippen molar-refractivity contribution < 1.29 is 14.3 Å². The fraction of sp³-hybridized carbons (Fsp3) is 0.381. The van der Waals surface area contributed by atoms with E-state index in [2.05, 4.69) is 0 Å². The molecule has 3 nitrogen and oxygen atoms in total. The monoisotopic (exact) mass is 341 g/mol. The van der Waals surface area contributed by atoms with E-state index in [1.165, 1.54) is 12.1 Å². The van der Waals surface area contributed by atoms with E-state index >= 15 is 0 Å². The number of aliphatic hydroxyl groups is 1. The summed E-state index contributed by atoms with van der Waals surface area (Å²) in [7, 11) is 0. The molecule has 1 aliphatic heterocycles. The van der Waals surface area contributed by atoms with Gasteiger partial charge in [0.2, 0.25) is 5.91 Å². The van der Waals surface area contributed by atoms with Crippen molar-refractivity contribution in [1.29, 1.82) is 0 Å². The lowest BCUT2D eigenvalue weighted by Crippen LogP contribution is -2.40. The summed E-state index contributed by atoms with van der Waals surface area (Å²) >= 11 is 0. The van der Waals surface area contributed by atoms with Crippen molar-refractivity contribution in [2.24, 2.45) is 5.92 Å². The van der Waals surface area contributed by atoms with Gasteiger partial charge in [-0.05, 0) is 48.9 Å². The standard InChI is InChI=1S/C21H24FNO2/c1-15-3-2-4-16(13-15)14-20(24)23-11-9-18(10-12-23)21(25)17-5-7-19(22)8-6-17/h2-8,13,18,21,25H,9-12,14H2,1H3. The van der Waals surface area contributed by atoms with Gasteiger partial charge in [-0.1, -0.05) is 42.0 Å². The number of likely N-dealkylation sites (tertiary alicyclic amines) is 1. The largest absolute Gasteiger partial charge is 0.388 e. The summed E-state index contributed by atoms with van der Waals surface area (Å²) in [5, 5.41) is 10.5. The molecule has 1 heterocycles. The summed E-state index contributed by atoms with van der Waals surface area (Å²) in [6, 6.07) is 14.0. The molecule has 0 saturated carbocycles. The molecule has 1 unspecified atom stereocenters. The zero-order valence-corrected chi connectivity index (χ0v) is 14.5. The first kappa shape index (κ1) is 17.6. The number of rotatable bonds is 4. The second-order valence-corrected chi connectivity index (χ2v) is 6.88. The Morgan fingerprint density at radius 2 is 1.88 bits per heavy atom. The van der Waals surface area contributed by atoms with Crippen molar-refractivity contribution >= 4 is 5.91 Å². The molecule has 132 valence electrons. The average Bonchev–Trinajstić information content (AvgIpc) is 2.62. The second-order valence-electron chi connectivity index (χ2n) is 6.88. The molecule has 0 spiro atoms. The highest BCUT2D eigenvalue weighted by Gasteiger charge is 2.28. The second kappa shape index (κ2) is 7.79. The zero-order valence-electron chi connectivity index (χ0n) is 14.5. The van der Waals surface area contributed by atoms with Crippen LogP contribution in [0.4, 0.5) is 4.39 Å². The molecule has 0 aromatic heterocycles. The van der Waals surface area contributed by atoms with E-state index in [9.17, 15) is 14.3 Å². The first-order valence-electron chi connectivity index (χ1n) is 8.80. The number of hydrogen-bond donors (Lipinski definition) is 1. The Hall–Kier alpha value is -2.20. The number of benzene rings is 2. The van der Waals surface area contributed by atoms with Gasteiger partial charge in [0, 0.05) is 13.1 Å². The number of carbonyl (C=O) groups is 1. The van der Waals surface area contributed by atoms with Crippen LogP contribution in [0.25, 0.3) is 0 Å². The Labute approximate surface area is 148 Å². The molecule has 2 aromatic rings. The third-order valence-electron chi connectivity index (χ3n) is 4.99. The quantitative estimate of drug-likeness (QED) is 0.922. The number of aliphatic hydroxyl groups excluding tert-OH is 1. The van der Waals surface area contributed by atoms with E-state index in [0.717, 1.165) is 29.5 Å². The van der Waals surface area contributed by atoms with Gasteiger partial charge >= 0.3 is 0 Å². The third kappa shape index (κ3) is 4.45. The Morgan fingerprint density at radius 3 is 2.52 bits per heavy atom. The topological polar surface area (TPSA) is 40.5 Å². The summed E-state index contributed by atoms with van der Waals surface area (Å²) in [5.41, 5.74) is 2.94. The van der Waals surface area contributed by atoms with Crippen LogP contribution >= 0.6 is 0 Å². The Balaban J connectivity index is 1.54. The number of hydrogen-bond acceptors (Lipinski definition) is 2. The number of amides is 1. The first-order chi connectivity index (χ1) is 12.0. The van der Waals surface area contributed by atoms with Gasteiger partial charge in [0.05, 0.1) is 12.5 Å². The molecule has 3 rings (SSSR count). The molecule has 25 heavy (non-hydrogen) atoms. The maximum atomic E-state index is 13.0. The lowest BCUT2D eigenvalue weighted by molar-refractivity contribution is -0.132. The fourth-order valence-corrected chi connectivity index (χ4v) is 3.51. The highest BCUT2D eigenvalue weighted by molar-refractivity contribution is 5.78. The minimum absolute atomic E-state index is 0.105. The van der Waals surface area contributed by atoms with Crippen LogP contribution in [0.5, 0.6) is 0 Å². The molecule has 1 aliphatic rings. The van der Waals surface area contributed by atoms with E-state index in [1.807, 2.05) is 36.1 Å². The van der Waals surface area contributed by atoms with Gasteiger partial charge in [0.15, 0.2) is 0 Å². The molecular weight excluding hydrogens is 317 g/mol. The molecule has 1 saturated heterocycles. The summed E-state index contributed by atoms with van der Waals surface area (Å²) in [6.07, 6.45) is 1.35. The number of nitrogens with zero attached hydrogens (tertiary/aromatic N) is 1. The highest BCUT2D eigenvalue weighted by atomic mass is 19.1. The average molecular weight is 341 g/mol. The van der Waals surface area contributed by atoms with Gasteiger partial charge in [0.25, 0.3) is 0 Å². The molecule has 2 aromatic carbocycles. The first-order valence-corrected chi connectivity index (χ1v) is 8.80. The lowest BCUT2D eigenvalue weighted by Gasteiger charge is -2.34. The summed E-state index contributed by atoms with van der Waals surface area (Å²) in [6.45, 7) is 3.34. The summed E-state index contributed by atoms with van der Waals surface area (Å²) in [4.78, 5) is 14.4. The Bertz CT molecular complexity index is 721. The molecule has 0 bridgehead atoms. The minimum Gasteiger partial charge on any atom is -0.388 e. The maximum absolute atomic E-state index is 13.0. The van der Waals surface area contributed by atoms with E-state index in [-0.39, 0.29) is 17.6 Å². The van der Waals surface area contributed by atoms with Crippen molar-refractivity contribution in [1.82, 2.24) is 4.90 Å². The van der Waals surface area contributed by atoms with Gasteiger partial charge in [0.1, 0.15) is 5.82 Å². The van der Waals surface area contributed by atoms with Crippen molar-refractivity contribution in [3.05, 3.63) is 71.0 Å². The number of carbonyl (C=O) groups excluding carboxylic acids is 1. The maximum Gasteiger partial charge on any atom is 0.226 e. The van der Waals surface area contributed by atoms with Gasteiger partial charge in [-0.25, -0.2) is 4.39 Å². The highest BCUT2D eigenvalue weighted by Crippen LogP contribution is 2.31. The Kier molecular flexibility index (Phi) is 5.49. The predicted octanol–water partition coefficient (Wildman–Crippen LogP) is 3.65. The molecule has 1 amide bonds. The van der Waals surface area contributed by atoms with Crippen molar-refractivity contribution in [3.8, 4) is 0 Å². The van der Waals surface area contributed by atoms with Crippen molar-refractivity contribution in [2.45, 2.75) is 32.3 Å². The van der Waals surface area contributed by atoms with Crippen LogP contribution in [0, 0.1) is 18.7 Å². The van der Waals surface area contributed by atoms with E-state index in [4.69, 9.17) is 0 Å². The minimum atomic E-state index is -0.602. The van der Waals surface area contributed by atoms with Crippen molar-refractivity contribution in [3.63, 3.8) is 0 Å². The van der Waals surface area contributed by atoms with Crippen molar-refractivity contribution in [2.75, 3.05) is 13.1 Å². The third-order valence-corrected chi connectivity index (χ3v) is 4.99. The van der Waals surface area contributed by atoms with E-state index < -0.39 is 6.10 Å². The number of halogens is 1. The molecule has 4 heteroatoms. The Morgan fingerprint density at radius 1 is 1.20 bits per heavy atom. The molecule has 0 radical (unpaired) electrons. The van der Waals surface area contributed by atoms with Crippen LogP contribution in [-0.4, -0.2) is 29.0 Å².